The van der Waals surface area contributed by atoms with Crippen LogP contribution in [-0.4, -0.2) is 28.5 Å². The molecule has 1 aromatic heterocycles. The van der Waals surface area contributed by atoms with Crippen LogP contribution in [0.3, 0.4) is 0 Å². The molecule has 1 aromatic carbocycles. The van der Waals surface area contributed by atoms with Crippen molar-refractivity contribution in [1.82, 2.24) is 14.8 Å². The van der Waals surface area contributed by atoms with E-state index in [1.54, 1.807) is 7.11 Å². The Kier molecular flexibility index (Phi) is 4.55. The van der Waals surface area contributed by atoms with Crippen molar-refractivity contribution >= 4 is 39.7 Å². The summed E-state index contributed by atoms with van der Waals surface area (Å²) < 4.78 is 8.42. The van der Waals surface area contributed by atoms with Crippen molar-refractivity contribution in [2.75, 3.05) is 13.7 Å². The van der Waals surface area contributed by atoms with Gasteiger partial charge < -0.3 is 4.74 Å². The highest BCUT2D eigenvalue weighted by Gasteiger charge is 2.10. The molecule has 1 N–H and O–H groups in total. The molecule has 0 aliphatic rings. The Bertz CT molecular complexity index is 590. The Labute approximate surface area is 123 Å². The second-order valence-corrected chi connectivity index (χ2v) is 5.39. The molecule has 0 saturated carbocycles. The van der Waals surface area contributed by atoms with E-state index in [1.165, 1.54) is 0 Å². The van der Waals surface area contributed by atoms with E-state index in [1.807, 2.05) is 22.8 Å². The molecule has 0 aliphatic carbocycles. The summed E-state index contributed by atoms with van der Waals surface area (Å²) in [5, 5.41) is 7.66. The second kappa shape index (κ2) is 5.97. The summed E-state index contributed by atoms with van der Waals surface area (Å²) in [5.74, 6) is 0.750. The molecule has 96 valence electrons. The maximum atomic E-state index is 6.04. The van der Waals surface area contributed by atoms with Crippen molar-refractivity contribution in [3.8, 4) is 11.4 Å². The number of methoxy groups -OCH3 is 1. The van der Waals surface area contributed by atoms with Crippen molar-refractivity contribution in [3.05, 3.63) is 32.5 Å². The van der Waals surface area contributed by atoms with Crippen molar-refractivity contribution in [2.24, 2.45) is 0 Å². The summed E-state index contributed by atoms with van der Waals surface area (Å²) in [6, 6.07) is 5.62. The van der Waals surface area contributed by atoms with Gasteiger partial charge in [0.1, 0.15) is 0 Å². The molecule has 0 unspecified atom stereocenters. The molecule has 0 spiro atoms. The summed E-state index contributed by atoms with van der Waals surface area (Å²) in [5.41, 5.74) is 0.901. The van der Waals surface area contributed by atoms with Gasteiger partial charge in [-0.3, -0.25) is 9.67 Å². The summed E-state index contributed by atoms with van der Waals surface area (Å²) in [4.78, 5) is 0. The van der Waals surface area contributed by atoms with Crippen LogP contribution in [0.4, 0.5) is 0 Å². The Morgan fingerprint density at radius 1 is 1.50 bits per heavy atom. The van der Waals surface area contributed by atoms with Gasteiger partial charge in [-0.15, -0.1) is 0 Å². The predicted molar refractivity (Wildman–Crippen MR) is 77.4 cm³/mol. The van der Waals surface area contributed by atoms with Crippen LogP contribution in [0, 0.1) is 4.77 Å². The van der Waals surface area contributed by atoms with E-state index < -0.39 is 0 Å². The maximum absolute atomic E-state index is 6.04. The molecule has 0 fully saturated rings. The number of hydrogen-bond acceptors (Lipinski definition) is 3. The number of rotatable bonds is 4. The van der Waals surface area contributed by atoms with Crippen molar-refractivity contribution in [3.63, 3.8) is 0 Å². The van der Waals surface area contributed by atoms with Gasteiger partial charge in [0.05, 0.1) is 13.2 Å². The molecule has 7 heteroatoms. The first-order valence-electron chi connectivity index (χ1n) is 5.22. The Morgan fingerprint density at radius 3 is 2.94 bits per heavy atom. The second-order valence-electron chi connectivity index (χ2n) is 3.65. The monoisotopic (exact) mass is 347 g/mol. The largest absolute Gasteiger partial charge is 0.383 e. The van der Waals surface area contributed by atoms with Crippen molar-refractivity contribution < 1.29 is 4.74 Å². The molecule has 1 heterocycles. The van der Waals surface area contributed by atoms with Crippen LogP contribution < -0.4 is 0 Å². The third-order valence-corrected chi connectivity index (χ3v) is 3.39. The number of nitrogens with zero attached hydrogens (tertiary/aromatic N) is 2. The van der Waals surface area contributed by atoms with Crippen LogP contribution in [0.25, 0.3) is 11.4 Å². The SMILES string of the molecule is COCCn1c(-c2cc(Cl)cc(Br)c2)n[nH]c1=S. The van der Waals surface area contributed by atoms with Gasteiger partial charge in [0, 0.05) is 22.2 Å². The van der Waals surface area contributed by atoms with Crippen molar-refractivity contribution in [1.29, 1.82) is 0 Å². The highest BCUT2D eigenvalue weighted by Crippen LogP contribution is 2.26. The lowest BCUT2D eigenvalue weighted by Crippen LogP contribution is -2.06. The average Bonchev–Trinajstić information content (AvgIpc) is 2.67. The fourth-order valence-corrected chi connectivity index (χ4v) is 2.69. The zero-order valence-corrected chi connectivity index (χ0v) is 12.8. The molecule has 18 heavy (non-hydrogen) atoms. The normalized spacial score (nSPS) is 10.8. The number of aromatic amines is 1. The lowest BCUT2D eigenvalue weighted by atomic mass is 10.2. The lowest BCUT2D eigenvalue weighted by Gasteiger charge is -2.07. The topological polar surface area (TPSA) is 42.8 Å². The van der Waals surface area contributed by atoms with Crippen LogP contribution in [0.15, 0.2) is 22.7 Å². The molecule has 0 bridgehead atoms. The Hall–Kier alpha value is -0.690. The van der Waals surface area contributed by atoms with Crippen LogP contribution in [0.2, 0.25) is 5.02 Å². The minimum Gasteiger partial charge on any atom is -0.383 e. The van der Waals surface area contributed by atoms with E-state index in [0.717, 1.165) is 15.9 Å². The summed E-state index contributed by atoms with van der Waals surface area (Å²) in [6.07, 6.45) is 0. The first-order chi connectivity index (χ1) is 8.61. The maximum Gasteiger partial charge on any atom is 0.195 e. The first kappa shape index (κ1) is 13.7. The summed E-state index contributed by atoms with van der Waals surface area (Å²) in [6.45, 7) is 1.22. The number of nitrogens with one attached hydrogen (secondary N) is 1. The van der Waals surface area contributed by atoms with E-state index in [4.69, 9.17) is 28.6 Å². The van der Waals surface area contributed by atoms with Gasteiger partial charge in [-0.05, 0) is 30.4 Å². The van der Waals surface area contributed by atoms with Crippen LogP contribution in [0.1, 0.15) is 0 Å². The lowest BCUT2D eigenvalue weighted by molar-refractivity contribution is 0.187. The van der Waals surface area contributed by atoms with Crippen molar-refractivity contribution in [2.45, 2.75) is 6.54 Å². The average molecular weight is 349 g/mol. The fraction of sp³-hybridized carbons (Fsp3) is 0.273. The zero-order chi connectivity index (χ0) is 13.1. The number of ether oxygens (including phenoxy) is 1. The molecule has 2 rings (SSSR count). The quantitative estimate of drug-likeness (QED) is 0.857. The van der Waals surface area contributed by atoms with Gasteiger partial charge in [0.25, 0.3) is 0 Å². The minimum absolute atomic E-state index is 0.568. The van der Waals surface area contributed by atoms with Crippen LogP contribution in [-0.2, 0) is 11.3 Å². The number of benzene rings is 1. The van der Waals surface area contributed by atoms with E-state index in [-0.39, 0.29) is 0 Å². The van der Waals surface area contributed by atoms with Gasteiger partial charge in [-0.25, -0.2) is 0 Å². The predicted octanol–water partition coefficient (Wildman–Crippen LogP) is 3.67. The molecule has 0 atom stereocenters. The molecule has 2 aromatic rings. The molecule has 0 amide bonds. The third-order valence-electron chi connectivity index (χ3n) is 2.40. The van der Waals surface area contributed by atoms with Crippen LogP contribution in [0.5, 0.6) is 0 Å². The van der Waals surface area contributed by atoms with E-state index in [0.29, 0.717) is 22.9 Å². The number of aromatic nitrogens is 3. The Balaban J connectivity index is 2.47. The van der Waals surface area contributed by atoms with Gasteiger partial charge in [-0.1, -0.05) is 27.5 Å². The van der Waals surface area contributed by atoms with Gasteiger partial charge in [-0.2, -0.15) is 5.10 Å². The van der Waals surface area contributed by atoms with E-state index >= 15 is 0 Å². The fourth-order valence-electron chi connectivity index (χ4n) is 1.61. The van der Waals surface area contributed by atoms with Gasteiger partial charge in [0.15, 0.2) is 10.6 Å². The van der Waals surface area contributed by atoms with Crippen LogP contribution >= 0.6 is 39.7 Å². The van der Waals surface area contributed by atoms with Gasteiger partial charge in [0.2, 0.25) is 0 Å². The molecule has 0 aliphatic heterocycles. The smallest absolute Gasteiger partial charge is 0.195 e. The molecule has 4 nitrogen and oxygen atoms in total. The summed E-state index contributed by atoms with van der Waals surface area (Å²) in [7, 11) is 1.65. The van der Waals surface area contributed by atoms with E-state index in [9.17, 15) is 0 Å². The Morgan fingerprint density at radius 2 is 2.28 bits per heavy atom. The molecular weight excluding hydrogens is 338 g/mol. The standard InChI is InChI=1S/C11H11BrClN3OS/c1-17-3-2-16-10(14-15-11(16)18)7-4-8(12)6-9(13)5-7/h4-6H,2-3H2,1H3,(H,15,18). The highest BCUT2D eigenvalue weighted by atomic mass is 79.9. The van der Waals surface area contributed by atoms with E-state index in [2.05, 4.69) is 26.1 Å². The zero-order valence-electron chi connectivity index (χ0n) is 9.61. The molecule has 0 saturated heterocycles. The highest BCUT2D eigenvalue weighted by molar-refractivity contribution is 9.10. The number of halogens is 2. The van der Waals surface area contributed by atoms with Gasteiger partial charge >= 0.3 is 0 Å². The molecular formula is C11H11BrClN3OS. The first-order valence-corrected chi connectivity index (χ1v) is 6.80. The number of hydrogen-bond donors (Lipinski definition) is 1. The molecule has 0 radical (unpaired) electrons. The number of H-pyrrole nitrogens is 1. The third kappa shape index (κ3) is 3.00. The minimum atomic E-state index is 0.568. The summed E-state index contributed by atoms with van der Waals surface area (Å²) >= 11 is 14.6.